The molecule has 1 nitrogen and oxygen atoms in total. The van der Waals surface area contributed by atoms with E-state index in [4.69, 9.17) is 0 Å². The molecule has 0 aliphatic rings. The minimum Gasteiger partial charge on any atom is -0.310 e. The number of nitrogens with zero attached hydrogens (tertiary/aromatic N) is 1. The Balaban J connectivity index is 1.21. The Morgan fingerprint density at radius 2 is 0.565 bits per heavy atom. The summed E-state index contributed by atoms with van der Waals surface area (Å²) < 4.78 is 2.60. The fourth-order valence-electron chi connectivity index (χ4n) is 9.52. The van der Waals surface area contributed by atoms with Gasteiger partial charge in [0.05, 0.1) is 0 Å². The largest absolute Gasteiger partial charge is 0.310 e. The highest BCUT2D eigenvalue weighted by molar-refractivity contribution is 7.25. The Labute approximate surface area is 364 Å². The number of benzene rings is 10. The van der Waals surface area contributed by atoms with E-state index in [-0.39, 0.29) is 0 Å². The predicted molar refractivity (Wildman–Crippen MR) is 270 cm³/mol. The summed E-state index contributed by atoms with van der Waals surface area (Å²) in [6.45, 7) is 0. The molecule has 0 atom stereocenters. The molecule has 0 fully saturated rings. The lowest BCUT2D eigenvalue weighted by Crippen LogP contribution is -2.09. The van der Waals surface area contributed by atoms with Gasteiger partial charge in [0.15, 0.2) is 0 Å². The van der Waals surface area contributed by atoms with E-state index in [2.05, 4.69) is 241 Å². The maximum atomic E-state index is 2.48. The zero-order valence-electron chi connectivity index (χ0n) is 33.9. The quantitative estimate of drug-likeness (QED) is 0.167. The number of rotatable bonds is 5. The molecule has 0 spiro atoms. The number of fused-ring (bicyclic) bond motifs is 13. The van der Waals surface area contributed by atoms with Crippen LogP contribution < -0.4 is 4.90 Å². The summed E-state index contributed by atoms with van der Waals surface area (Å²) in [4.78, 5) is 2.41. The van der Waals surface area contributed by atoms with Crippen LogP contribution in [0.1, 0.15) is 0 Å². The van der Waals surface area contributed by atoms with Gasteiger partial charge >= 0.3 is 0 Å². The van der Waals surface area contributed by atoms with Crippen LogP contribution in [0.25, 0.3) is 96.3 Å². The van der Waals surface area contributed by atoms with Crippen molar-refractivity contribution in [3.63, 3.8) is 0 Å². The van der Waals surface area contributed by atoms with Crippen molar-refractivity contribution >= 4 is 102 Å². The zero-order chi connectivity index (χ0) is 41.0. The molecule has 0 radical (unpaired) electrons. The van der Waals surface area contributed by atoms with E-state index in [1.807, 2.05) is 11.3 Å². The molecular weight excluding hydrogens is 767 g/mol. The van der Waals surface area contributed by atoms with Crippen LogP contribution in [-0.2, 0) is 0 Å². The molecule has 1 aromatic heterocycles. The van der Waals surface area contributed by atoms with E-state index >= 15 is 0 Å². The standard InChI is InChI=1S/C60H39NS/c1-3-15-40(16-4-1)42-27-31-44(32-28-42)61(45-33-29-43(30-34-45)41-17-5-2-6-18-41)46-35-36-53-51-23-10-9-21-49(51)47-19-7-8-20-48(47)50-22-11-12-24-52(50)57-39-60-58(38-56(57)55(53)37-46)54-25-13-14-26-59(54)62-60/h1-39H. The van der Waals surface area contributed by atoms with E-state index < -0.39 is 0 Å². The lowest BCUT2D eigenvalue weighted by Gasteiger charge is -2.26. The van der Waals surface area contributed by atoms with Crippen LogP contribution in [0.5, 0.6) is 0 Å². The van der Waals surface area contributed by atoms with Gasteiger partial charge in [-0.15, -0.1) is 11.3 Å². The first kappa shape index (κ1) is 36.1. The van der Waals surface area contributed by atoms with Gasteiger partial charge in [-0.05, 0) is 131 Å². The maximum Gasteiger partial charge on any atom is 0.0468 e. The fourth-order valence-corrected chi connectivity index (χ4v) is 10.6. The van der Waals surface area contributed by atoms with Crippen LogP contribution in [0.4, 0.5) is 17.1 Å². The minimum atomic E-state index is 1.09. The smallest absolute Gasteiger partial charge is 0.0468 e. The van der Waals surface area contributed by atoms with Crippen LogP contribution in [-0.4, -0.2) is 0 Å². The van der Waals surface area contributed by atoms with Crippen LogP contribution in [0.15, 0.2) is 237 Å². The molecule has 62 heavy (non-hydrogen) atoms. The Morgan fingerprint density at radius 3 is 1.06 bits per heavy atom. The van der Waals surface area contributed by atoms with Crippen molar-refractivity contribution in [3.05, 3.63) is 237 Å². The van der Waals surface area contributed by atoms with Crippen molar-refractivity contribution in [2.45, 2.75) is 0 Å². The van der Waals surface area contributed by atoms with E-state index in [0.29, 0.717) is 0 Å². The van der Waals surface area contributed by atoms with Gasteiger partial charge in [-0.25, -0.2) is 0 Å². The molecule has 0 unspecified atom stereocenters. The molecule has 2 heteroatoms. The van der Waals surface area contributed by atoms with Crippen LogP contribution >= 0.6 is 11.3 Å². The lowest BCUT2D eigenvalue weighted by molar-refractivity contribution is 1.29. The van der Waals surface area contributed by atoms with Crippen LogP contribution in [0.3, 0.4) is 0 Å². The van der Waals surface area contributed by atoms with Crippen molar-refractivity contribution in [3.8, 4) is 22.3 Å². The number of thiophene rings is 1. The molecule has 1 heterocycles. The zero-order valence-corrected chi connectivity index (χ0v) is 34.7. The molecule has 0 amide bonds. The topological polar surface area (TPSA) is 3.24 Å². The molecule has 290 valence electrons. The molecule has 0 N–H and O–H groups in total. The van der Waals surface area contributed by atoms with Gasteiger partial charge in [-0.2, -0.15) is 0 Å². The Morgan fingerprint density at radius 1 is 0.210 bits per heavy atom. The minimum absolute atomic E-state index is 1.09. The molecule has 0 saturated carbocycles. The summed E-state index contributed by atoms with van der Waals surface area (Å²) in [5.41, 5.74) is 8.07. The fraction of sp³-hybridized carbons (Fsp3) is 0. The normalized spacial score (nSPS) is 11.5. The summed E-state index contributed by atoms with van der Waals surface area (Å²) in [5.74, 6) is 0. The third-order valence-corrected chi connectivity index (χ3v) is 13.6. The number of hydrogen-bond donors (Lipinski definition) is 0. The van der Waals surface area contributed by atoms with E-state index in [0.717, 1.165) is 17.1 Å². The average Bonchev–Trinajstić information content (AvgIpc) is 3.72. The predicted octanol–water partition coefficient (Wildman–Crippen LogP) is 17.7. The molecule has 11 aromatic carbocycles. The highest BCUT2D eigenvalue weighted by Gasteiger charge is 2.17. The maximum absolute atomic E-state index is 2.48. The molecule has 0 saturated heterocycles. The Kier molecular flexibility index (Phi) is 8.76. The van der Waals surface area contributed by atoms with Crippen molar-refractivity contribution in [2.75, 3.05) is 4.90 Å². The first-order chi connectivity index (χ1) is 30.7. The molecule has 0 aliphatic carbocycles. The highest BCUT2D eigenvalue weighted by Crippen LogP contribution is 2.44. The Hall–Kier alpha value is -7.78. The van der Waals surface area contributed by atoms with Crippen molar-refractivity contribution in [1.29, 1.82) is 0 Å². The second-order valence-electron chi connectivity index (χ2n) is 16.0. The summed E-state index contributed by atoms with van der Waals surface area (Å²) in [7, 11) is 0. The summed E-state index contributed by atoms with van der Waals surface area (Å²) in [6.07, 6.45) is 0. The van der Waals surface area contributed by atoms with Crippen LogP contribution in [0, 0.1) is 0 Å². The van der Waals surface area contributed by atoms with Gasteiger partial charge < -0.3 is 4.90 Å². The van der Waals surface area contributed by atoms with Crippen molar-refractivity contribution < 1.29 is 0 Å². The van der Waals surface area contributed by atoms with Crippen molar-refractivity contribution in [2.24, 2.45) is 0 Å². The van der Waals surface area contributed by atoms with Gasteiger partial charge in [-0.1, -0.05) is 182 Å². The second-order valence-corrected chi connectivity index (χ2v) is 17.1. The number of hydrogen-bond acceptors (Lipinski definition) is 2. The second kappa shape index (κ2) is 15.0. The van der Waals surface area contributed by atoms with E-state index in [1.54, 1.807) is 0 Å². The van der Waals surface area contributed by atoms with E-state index in [1.165, 1.54) is 96.3 Å². The molecular formula is C60H39NS. The SMILES string of the molecule is c1ccc(-c2ccc(N(c3ccc(-c4ccccc4)cc3)c3ccc4c5ccccc5c5ccccc5c5ccccc5c5cc6sc7ccccc7c6cc5c4c3)cc2)cc1. The van der Waals surface area contributed by atoms with Gasteiger partial charge in [-0.3, -0.25) is 0 Å². The summed E-state index contributed by atoms with van der Waals surface area (Å²) >= 11 is 1.88. The first-order valence-corrected chi connectivity index (χ1v) is 22.1. The molecule has 0 aliphatic heterocycles. The average molecular weight is 806 g/mol. The molecule has 0 bridgehead atoms. The summed E-state index contributed by atoms with van der Waals surface area (Å²) in [5, 5.41) is 14.8. The van der Waals surface area contributed by atoms with Crippen molar-refractivity contribution in [1.82, 2.24) is 0 Å². The first-order valence-electron chi connectivity index (χ1n) is 21.2. The third kappa shape index (κ3) is 6.15. The number of anilines is 3. The molecule has 12 aromatic rings. The highest BCUT2D eigenvalue weighted by atomic mass is 32.1. The van der Waals surface area contributed by atoms with Gasteiger partial charge in [0.25, 0.3) is 0 Å². The summed E-state index contributed by atoms with van der Waals surface area (Å²) in [6, 6.07) is 87.1. The van der Waals surface area contributed by atoms with E-state index in [9.17, 15) is 0 Å². The Bertz CT molecular complexity index is 3640. The monoisotopic (exact) mass is 805 g/mol. The van der Waals surface area contributed by atoms with Gasteiger partial charge in [0.2, 0.25) is 0 Å². The lowest BCUT2D eigenvalue weighted by atomic mass is 9.93. The molecule has 12 rings (SSSR count). The third-order valence-electron chi connectivity index (χ3n) is 12.5. The van der Waals surface area contributed by atoms with Crippen LogP contribution in [0.2, 0.25) is 0 Å². The van der Waals surface area contributed by atoms with Gasteiger partial charge in [0, 0.05) is 37.2 Å². The van der Waals surface area contributed by atoms with Gasteiger partial charge in [0.1, 0.15) is 0 Å².